The molecule has 1 N–H and O–H groups in total. The Balaban J connectivity index is 1.79. The predicted octanol–water partition coefficient (Wildman–Crippen LogP) is 6.27. The van der Waals surface area contributed by atoms with Gasteiger partial charge in [-0.15, -0.1) is 0 Å². The van der Waals surface area contributed by atoms with E-state index in [4.69, 9.17) is 0 Å². The summed E-state index contributed by atoms with van der Waals surface area (Å²) in [5.74, 6) is -0.762. The van der Waals surface area contributed by atoms with Crippen molar-refractivity contribution in [3.63, 3.8) is 0 Å². The fraction of sp³-hybridized carbons (Fsp3) is 0.357. The molecule has 1 aromatic heterocycles. The molecule has 0 radical (unpaired) electrons. The van der Waals surface area contributed by atoms with Gasteiger partial charge in [0.15, 0.2) is 0 Å². The number of amides is 2. The predicted molar refractivity (Wildman–Crippen MR) is 136 cm³/mol. The normalized spacial score (nSPS) is 15.0. The number of carbonyl (C=O) groups is 2. The summed E-state index contributed by atoms with van der Waals surface area (Å²) < 4.78 is 13.8. The van der Waals surface area contributed by atoms with Gasteiger partial charge in [-0.2, -0.15) is 11.3 Å². The van der Waals surface area contributed by atoms with Crippen LogP contribution in [0.3, 0.4) is 0 Å². The third-order valence-corrected chi connectivity index (χ3v) is 7.26. The van der Waals surface area contributed by atoms with Crippen molar-refractivity contribution < 1.29 is 14.0 Å². The number of nitrogens with one attached hydrogen (secondary N) is 1. The molecule has 1 fully saturated rings. The zero-order valence-electron chi connectivity index (χ0n) is 19.7. The summed E-state index contributed by atoms with van der Waals surface area (Å²) in [6.45, 7) is 3.90. The zero-order chi connectivity index (χ0) is 24.1. The van der Waals surface area contributed by atoms with Gasteiger partial charge in [0, 0.05) is 6.04 Å². The van der Waals surface area contributed by atoms with Gasteiger partial charge in [-0.25, -0.2) is 4.39 Å². The number of halogens is 1. The van der Waals surface area contributed by atoms with Crippen LogP contribution in [0.1, 0.15) is 60.4 Å². The van der Waals surface area contributed by atoms with Crippen molar-refractivity contribution in [1.29, 1.82) is 0 Å². The maximum Gasteiger partial charge on any atom is 0.248 e. The number of aryl methyl sites for hydroxylation is 2. The molecule has 1 unspecified atom stereocenters. The van der Waals surface area contributed by atoms with E-state index >= 15 is 0 Å². The van der Waals surface area contributed by atoms with Crippen molar-refractivity contribution in [3.05, 3.63) is 87.4 Å². The summed E-state index contributed by atoms with van der Waals surface area (Å²) in [6, 6.07) is 12.9. The molecule has 4 rings (SSSR count). The van der Waals surface area contributed by atoms with Crippen molar-refractivity contribution >= 4 is 28.8 Å². The first-order valence-corrected chi connectivity index (χ1v) is 12.8. The molecule has 178 valence electrons. The van der Waals surface area contributed by atoms with E-state index in [1.165, 1.54) is 29.9 Å². The van der Waals surface area contributed by atoms with Gasteiger partial charge >= 0.3 is 0 Å². The van der Waals surface area contributed by atoms with E-state index in [9.17, 15) is 14.0 Å². The third-order valence-electron chi connectivity index (χ3n) is 6.53. The Bertz CT molecular complexity index is 1100. The largest absolute Gasteiger partial charge is 0.351 e. The summed E-state index contributed by atoms with van der Waals surface area (Å²) in [6.07, 6.45) is 5.42. The average molecular weight is 479 g/mol. The Morgan fingerprint density at radius 3 is 2.32 bits per heavy atom. The van der Waals surface area contributed by atoms with E-state index in [2.05, 4.69) is 5.32 Å². The molecule has 4 nitrogen and oxygen atoms in total. The van der Waals surface area contributed by atoms with Gasteiger partial charge in [0.1, 0.15) is 11.9 Å². The fourth-order valence-electron chi connectivity index (χ4n) is 4.83. The summed E-state index contributed by atoms with van der Waals surface area (Å²) in [5.41, 5.74) is 4.07. The first-order valence-electron chi connectivity index (χ1n) is 11.9. The van der Waals surface area contributed by atoms with Gasteiger partial charge in [-0.3, -0.25) is 14.5 Å². The van der Waals surface area contributed by atoms with Gasteiger partial charge in [-0.05, 0) is 77.9 Å². The minimum Gasteiger partial charge on any atom is -0.351 e. The van der Waals surface area contributed by atoms with Gasteiger partial charge < -0.3 is 5.32 Å². The van der Waals surface area contributed by atoms with Gasteiger partial charge in [-0.1, -0.05) is 49.6 Å². The maximum atomic E-state index is 13.9. The van der Waals surface area contributed by atoms with Crippen LogP contribution in [0, 0.1) is 19.7 Å². The van der Waals surface area contributed by atoms with E-state index < -0.39 is 6.04 Å². The van der Waals surface area contributed by atoms with Gasteiger partial charge in [0.25, 0.3) is 0 Å². The smallest absolute Gasteiger partial charge is 0.248 e. The van der Waals surface area contributed by atoms with Crippen LogP contribution >= 0.6 is 11.3 Å². The molecule has 2 aromatic carbocycles. The van der Waals surface area contributed by atoms with E-state index in [0.29, 0.717) is 5.56 Å². The quantitative estimate of drug-likeness (QED) is 0.435. The minimum atomic E-state index is -0.895. The number of carbonyl (C=O) groups excluding carboxylic acids is 2. The lowest BCUT2D eigenvalue weighted by Crippen LogP contribution is -2.48. The summed E-state index contributed by atoms with van der Waals surface area (Å²) in [7, 11) is 0. The van der Waals surface area contributed by atoms with E-state index in [1.54, 1.807) is 17.0 Å². The molecule has 2 amide bonds. The Labute approximate surface area is 204 Å². The molecule has 0 aliphatic heterocycles. The highest BCUT2D eigenvalue weighted by Crippen LogP contribution is 2.34. The summed E-state index contributed by atoms with van der Waals surface area (Å²) >= 11 is 1.54. The molecule has 0 saturated heterocycles. The minimum absolute atomic E-state index is 0.0935. The molecule has 0 spiro atoms. The van der Waals surface area contributed by atoms with Crippen LogP contribution in [-0.4, -0.2) is 17.9 Å². The molecule has 3 aromatic rings. The van der Waals surface area contributed by atoms with Crippen molar-refractivity contribution in [2.75, 3.05) is 4.90 Å². The standard InChI is InChI=1S/C28H31FN2O2S/c1-19-7-6-8-20(2)26(19)31(25(32)17-21-15-16-34-18-21)27(22-11-13-23(29)14-12-22)28(33)30-24-9-4-3-5-10-24/h6-8,11-16,18,24,27H,3-5,9-10,17H2,1-2H3,(H,30,33). The molecule has 1 heterocycles. The van der Waals surface area contributed by atoms with E-state index in [-0.39, 0.29) is 30.1 Å². The highest BCUT2D eigenvalue weighted by atomic mass is 32.1. The topological polar surface area (TPSA) is 49.4 Å². The highest BCUT2D eigenvalue weighted by molar-refractivity contribution is 7.08. The van der Waals surface area contributed by atoms with Crippen LogP contribution in [0.4, 0.5) is 10.1 Å². The van der Waals surface area contributed by atoms with Crippen LogP contribution in [0.2, 0.25) is 0 Å². The number of hydrogen-bond donors (Lipinski definition) is 1. The number of nitrogens with zero attached hydrogens (tertiary/aromatic N) is 1. The Morgan fingerprint density at radius 1 is 1.03 bits per heavy atom. The summed E-state index contributed by atoms with van der Waals surface area (Å²) in [5, 5.41) is 7.11. The Kier molecular flexibility index (Phi) is 7.78. The zero-order valence-corrected chi connectivity index (χ0v) is 20.5. The molecule has 6 heteroatoms. The van der Waals surface area contributed by atoms with E-state index in [1.807, 2.05) is 48.9 Å². The second kappa shape index (κ2) is 11.0. The van der Waals surface area contributed by atoms with Crippen LogP contribution in [0.15, 0.2) is 59.3 Å². The lowest BCUT2D eigenvalue weighted by Gasteiger charge is -2.35. The molecular formula is C28H31FN2O2S. The number of anilines is 1. The second-order valence-corrected chi connectivity index (χ2v) is 9.89. The molecule has 1 aliphatic rings. The van der Waals surface area contributed by atoms with Crippen LogP contribution in [0.5, 0.6) is 0 Å². The molecule has 34 heavy (non-hydrogen) atoms. The van der Waals surface area contributed by atoms with Crippen molar-refractivity contribution in [2.45, 2.75) is 64.5 Å². The first kappa shape index (κ1) is 24.1. The monoisotopic (exact) mass is 478 g/mol. The van der Waals surface area contributed by atoms with Crippen molar-refractivity contribution in [2.24, 2.45) is 0 Å². The second-order valence-electron chi connectivity index (χ2n) is 9.11. The van der Waals surface area contributed by atoms with Gasteiger partial charge in [0.05, 0.1) is 12.1 Å². The van der Waals surface area contributed by atoms with Crippen LogP contribution in [0.25, 0.3) is 0 Å². The number of rotatable bonds is 7. The SMILES string of the molecule is Cc1cccc(C)c1N(C(=O)Cc1ccsc1)C(C(=O)NC1CCCCC1)c1ccc(F)cc1. The van der Waals surface area contributed by atoms with E-state index in [0.717, 1.165) is 48.1 Å². The Hall–Kier alpha value is -2.99. The third kappa shape index (κ3) is 5.55. The lowest BCUT2D eigenvalue weighted by molar-refractivity contribution is -0.127. The van der Waals surface area contributed by atoms with Crippen LogP contribution < -0.4 is 10.2 Å². The lowest BCUT2D eigenvalue weighted by atomic mass is 9.94. The summed E-state index contributed by atoms with van der Waals surface area (Å²) in [4.78, 5) is 29.3. The molecule has 0 bridgehead atoms. The number of hydrogen-bond acceptors (Lipinski definition) is 3. The van der Waals surface area contributed by atoms with Crippen LogP contribution in [-0.2, 0) is 16.0 Å². The molecule has 1 aliphatic carbocycles. The maximum absolute atomic E-state index is 13.9. The molecule has 1 saturated carbocycles. The number of benzene rings is 2. The fourth-order valence-corrected chi connectivity index (χ4v) is 5.49. The first-order chi connectivity index (χ1) is 16.4. The number of thiophene rings is 1. The van der Waals surface area contributed by atoms with Gasteiger partial charge in [0.2, 0.25) is 11.8 Å². The van der Waals surface area contributed by atoms with Crippen molar-refractivity contribution in [1.82, 2.24) is 5.32 Å². The molecular weight excluding hydrogens is 447 g/mol. The average Bonchev–Trinajstić information content (AvgIpc) is 3.33. The highest BCUT2D eigenvalue weighted by Gasteiger charge is 2.35. The Morgan fingerprint density at radius 2 is 1.71 bits per heavy atom. The molecule has 1 atom stereocenters. The van der Waals surface area contributed by atoms with Crippen molar-refractivity contribution in [3.8, 4) is 0 Å². The number of para-hydroxylation sites is 1.